The van der Waals surface area contributed by atoms with Crippen LogP contribution in [0.15, 0.2) is 71.7 Å². The summed E-state index contributed by atoms with van der Waals surface area (Å²) < 4.78 is 5.21. The number of anilines is 3. The van der Waals surface area contributed by atoms with E-state index in [0.29, 0.717) is 22.7 Å². The standard InChI is InChI=1S/C26H25N3O3S/c1-32-21-13-11-20(12-14-21)29-25(30)23(22-6-5-17-33-22)24(26(29)31)27-18-7-9-19(10-8-18)28-15-3-2-4-16-28/h5-14,17,27H,2-4,15-16H2,1H3. The number of carbonyl (C=O) groups excluding carboxylic acids is 2. The average molecular weight is 460 g/mol. The van der Waals surface area contributed by atoms with Gasteiger partial charge < -0.3 is 15.0 Å². The molecule has 1 saturated heterocycles. The first-order valence-electron chi connectivity index (χ1n) is 11.1. The minimum absolute atomic E-state index is 0.295. The van der Waals surface area contributed by atoms with Crippen LogP contribution in [-0.2, 0) is 9.59 Å². The molecule has 6 nitrogen and oxygen atoms in total. The van der Waals surface area contributed by atoms with Crippen molar-refractivity contribution in [3.8, 4) is 5.75 Å². The van der Waals surface area contributed by atoms with Gasteiger partial charge in [-0.1, -0.05) is 6.07 Å². The Balaban J connectivity index is 1.45. The zero-order valence-corrected chi connectivity index (χ0v) is 19.2. The molecule has 33 heavy (non-hydrogen) atoms. The van der Waals surface area contributed by atoms with E-state index in [1.165, 1.54) is 41.2 Å². The Labute approximate surface area is 197 Å². The van der Waals surface area contributed by atoms with Gasteiger partial charge >= 0.3 is 0 Å². The van der Waals surface area contributed by atoms with Crippen LogP contribution in [0.2, 0.25) is 0 Å². The van der Waals surface area contributed by atoms with E-state index in [9.17, 15) is 9.59 Å². The van der Waals surface area contributed by atoms with Crippen molar-refractivity contribution in [2.75, 3.05) is 35.3 Å². The summed E-state index contributed by atoms with van der Waals surface area (Å²) in [7, 11) is 1.58. The number of carbonyl (C=O) groups is 2. The number of hydrogen-bond acceptors (Lipinski definition) is 6. The number of imide groups is 1. The van der Waals surface area contributed by atoms with Gasteiger partial charge in [-0.05, 0) is 79.2 Å². The lowest BCUT2D eigenvalue weighted by Gasteiger charge is -2.28. The van der Waals surface area contributed by atoms with Gasteiger partial charge in [-0.2, -0.15) is 0 Å². The fourth-order valence-electron chi connectivity index (χ4n) is 4.31. The number of piperidine rings is 1. The van der Waals surface area contributed by atoms with E-state index in [2.05, 4.69) is 22.3 Å². The summed E-state index contributed by atoms with van der Waals surface area (Å²) in [5.74, 6) is -0.0369. The van der Waals surface area contributed by atoms with Crippen molar-refractivity contribution in [2.24, 2.45) is 0 Å². The Morgan fingerprint density at radius 1 is 0.848 bits per heavy atom. The predicted molar refractivity (Wildman–Crippen MR) is 133 cm³/mol. The fourth-order valence-corrected chi connectivity index (χ4v) is 5.08. The summed E-state index contributed by atoms with van der Waals surface area (Å²) in [5, 5.41) is 5.15. The lowest BCUT2D eigenvalue weighted by molar-refractivity contribution is -0.120. The molecular weight excluding hydrogens is 434 g/mol. The number of hydrogen-bond donors (Lipinski definition) is 1. The fraction of sp³-hybridized carbons (Fsp3) is 0.231. The number of rotatable bonds is 6. The molecule has 3 heterocycles. The molecular formula is C26H25N3O3S. The van der Waals surface area contributed by atoms with E-state index in [1.807, 2.05) is 29.6 Å². The first-order valence-corrected chi connectivity index (χ1v) is 12.0. The van der Waals surface area contributed by atoms with Gasteiger partial charge in [0.2, 0.25) is 0 Å². The summed E-state index contributed by atoms with van der Waals surface area (Å²) in [5.41, 5.74) is 3.16. The SMILES string of the molecule is COc1ccc(N2C(=O)C(Nc3ccc(N4CCCCC4)cc3)=C(c3cccs3)C2=O)cc1. The molecule has 2 aliphatic heterocycles. The molecule has 0 bridgehead atoms. The molecule has 7 heteroatoms. The molecule has 5 rings (SSSR count). The van der Waals surface area contributed by atoms with Crippen LogP contribution in [0.1, 0.15) is 24.1 Å². The first-order chi connectivity index (χ1) is 16.2. The highest BCUT2D eigenvalue weighted by atomic mass is 32.1. The summed E-state index contributed by atoms with van der Waals surface area (Å²) in [6.45, 7) is 2.15. The maximum absolute atomic E-state index is 13.4. The lowest BCUT2D eigenvalue weighted by atomic mass is 10.1. The second-order valence-corrected chi connectivity index (χ2v) is 9.04. The van der Waals surface area contributed by atoms with Crippen LogP contribution in [-0.4, -0.2) is 32.0 Å². The third kappa shape index (κ3) is 4.12. The number of nitrogens with one attached hydrogen (secondary N) is 1. The summed E-state index contributed by atoms with van der Waals surface area (Å²) in [4.78, 5) is 31.2. The molecule has 168 valence electrons. The van der Waals surface area contributed by atoms with Gasteiger partial charge in [-0.25, -0.2) is 4.90 Å². The van der Waals surface area contributed by atoms with Crippen molar-refractivity contribution < 1.29 is 14.3 Å². The van der Waals surface area contributed by atoms with E-state index in [1.54, 1.807) is 31.4 Å². The third-order valence-electron chi connectivity index (χ3n) is 6.04. The van der Waals surface area contributed by atoms with Gasteiger partial charge in [0.25, 0.3) is 11.8 Å². The zero-order chi connectivity index (χ0) is 22.8. The molecule has 1 aromatic heterocycles. The van der Waals surface area contributed by atoms with Crippen LogP contribution in [0, 0.1) is 0 Å². The number of amides is 2. The van der Waals surface area contributed by atoms with Crippen LogP contribution in [0.4, 0.5) is 17.1 Å². The van der Waals surface area contributed by atoms with Crippen molar-refractivity contribution in [1.82, 2.24) is 0 Å². The number of thiophene rings is 1. The second-order valence-electron chi connectivity index (χ2n) is 8.09. The highest BCUT2D eigenvalue weighted by molar-refractivity contribution is 7.11. The third-order valence-corrected chi connectivity index (χ3v) is 6.93. The van der Waals surface area contributed by atoms with Crippen molar-refractivity contribution in [1.29, 1.82) is 0 Å². The number of methoxy groups -OCH3 is 1. The molecule has 3 aromatic rings. The summed E-state index contributed by atoms with van der Waals surface area (Å²) in [6.07, 6.45) is 3.72. The topological polar surface area (TPSA) is 61.9 Å². The predicted octanol–water partition coefficient (Wildman–Crippen LogP) is 5.14. The van der Waals surface area contributed by atoms with E-state index in [-0.39, 0.29) is 11.8 Å². The summed E-state index contributed by atoms with van der Waals surface area (Å²) in [6, 6.07) is 18.7. The molecule has 0 saturated carbocycles. The Kier molecular flexibility index (Phi) is 5.88. The van der Waals surface area contributed by atoms with Crippen LogP contribution in [0.5, 0.6) is 5.75 Å². The average Bonchev–Trinajstić information content (AvgIpc) is 3.47. The molecule has 2 amide bonds. The lowest BCUT2D eigenvalue weighted by Crippen LogP contribution is -2.32. The molecule has 2 aliphatic rings. The zero-order valence-electron chi connectivity index (χ0n) is 18.4. The van der Waals surface area contributed by atoms with Gasteiger partial charge in [-0.3, -0.25) is 9.59 Å². The van der Waals surface area contributed by atoms with Crippen molar-refractivity contribution in [3.63, 3.8) is 0 Å². The molecule has 1 N–H and O–H groups in total. The van der Waals surface area contributed by atoms with Gasteiger partial charge in [0.15, 0.2) is 0 Å². The minimum atomic E-state index is -0.367. The van der Waals surface area contributed by atoms with Gasteiger partial charge in [0.1, 0.15) is 11.4 Å². The normalized spacial score (nSPS) is 16.5. The van der Waals surface area contributed by atoms with Gasteiger partial charge in [-0.15, -0.1) is 11.3 Å². The summed E-state index contributed by atoms with van der Waals surface area (Å²) >= 11 is 1.44. The molecule has 1 fully saturated rings. The Morgan fingerprint density at radius 2 is 1.55 bits per heavy atom. The van der Waals surface area contributed by atoms with Gasteiger partial charge in [0.05, 0.1) is 18.4 Å². The van der Waals surface area contributed by atoms with E-state index in [0.717, 1.165) is 23.7 Å². The number of ether oxygens (including phenoxy) is 1. The van der Waals surface area contributed by atoms with E-state index >= 15 is 0 Å². The largest absolute Gasteiger partial charge is 0.497 e. The maximum Gasteiger partial charge on any atom is 0.282 e. The minimum Gasteiger partial charge on any atom is -0.497 e. The Bertz CT molecular complexity index is 1180. The number of nitrogens with zero attached hydrogens (tertiary/aromatic N) is 2. The molecule has 2 aromatic carbocycles. The molecule has 0 spiro atoms. The molecule has 0 atom stereocenters. The van der Waals surface area contributed by atoms with Crippen molar-refractivity contribution >= 4 is 45.8 Å². The monoisotopic (exact) mass is 459 g/mol. The smallest absolute Gasteiger partial charge is 0.282 e. The maximum atomic E-state index is 13.4. The van der Waals surface area contributed by atoms with E-state index < -0.39 is 0 Å². The molecule has 0 unspecified atom stereocenters. The second kappa shape index (κ2) is 9.11. The quantitative estimate of drug-likeness (QED) is 0.517. The molecule has 0 aliphatic carbocycles. The number of benzene rings is 2. The highest BCUT2D eigenvalue weighted by Crippen LogP contribution is 2.36. The highest BCUT2D eigenvalue weighted by Gasteiger charge is 2.40. The Morgan fingerprint density at radius 3 is 2.18 bits per heavy atom. The van der Waals surface area contributed by atoms with Crippen LogP contribution >= 0.6 is 11.3 Å². The molecule has 0 radical (unpaired) electrons. The first kappa shape index (κ1) is 21.3. The van der Waals surface area contributed by atoms with Crippen LogP contribution in [0.3, 0.4) is 0 Å². The van der Waals surface area contributed by atoms with E-state index in [4.69, 9.17) is 4.74 Å². The van der Waals surface area contributed by atoms with Crippen LogP contribution < -0.4 is 19.9 Å². The van der Waals surface area contributed by atoms with Crippen molar-refractivity contribution in [2.45, 2.75) is 19.3 Å². The Hall–Kier alpha value is -3.58. The van der Waals surface area contributed by atoms with Crippen molar-refractivity contribution in [3.05, 3.63) is 76.6 Å². The van der Waals surface area contributed by atoms with Crippen LogP contribution in [0.25, 0.3) is 5.57 Å². The van der Waals surface area contributed by atoms with Gasteiger partial charge in [0, 0.05) is 29.3 Å².